The largest absolute Gasteiger partial charge is 0.386 e. The smallest absolute Gasteiger partial charge is 0.242 e. The van der Waals surface area contributed by atoms with E-state index in [1.807, 2.05) is 42.5 Å². The Balaban J connectivity index is 4.13. The Bertz CT molecular complexity index is 532. The molecule has 5 heteroatoms. The van der Waals surface area contributed by atoms with Gasteiger partial charge in [-0.3, -0.25) is 10.1 Å². The van der Waals surface area contributed by atoms with Gasteiger partial charge in [-0.25, -0.2) is 0 Å². The van der Waals surface area contributed by atoms with Gasteiger partial charge in [-0.2, -0.15) is 0 Å². The van der Waals surface area contributed by atoms with E-state index in [0.29, 0.717) is 12.8 Å². The van der Waals surface area contributed by atoms with Gasteiger partial charge in [0.05, 0.1) is 0 Å². The minimum atomic E-state index is -0.984. The Morgan fingerprint density at radius 2 is 1.33 bits per heavy atom. The molecule has 0 aromatic heterocycles. The van der Waals surface area contributed by atoms with E-state index in [1.165, 1.54) is 0 Å². The van der Waals surface area contributed by atoms with Crippen LogP contribution in [0.15, 0.2) is 60.8 Å². The molecule has 1 N–H and O–H groups in total. The lowest BCUT2D eigenvalue weighted by molar-refractivity contribution is -0.533. The van der Waals surface area contributed by atoms with E-state index < -0.39 is 17.1 Å². The molecular weight excluding hydrogens is 342 g/mol. The molecule has 5 nitrogen and oxygen atoms in total. The summed E-state index contributed by atoms with van der Waals surface area (Å²) in [6.07, 6.45) is 24.5. The van der Waals surface area contributed by atoms with Gasteiger partial charge in [0, 0.05) is 17.8 Å². The molecule has 0 radical (unpaired) electrons. The molecule has 27 heavy (non-hydrogen) atoms. The summed E-state index contributed by atoms with van der Waals surface area (Å²) in [5, 5.41) is 21.2. The van der Waals surface area contributed by atoms with Crippen molar-refractivity contribution in [3.63, 3.8) is 0 Å². The molecule has 0 bridgehead atoms. The number of nitro groups is 1. The number of hydrogen-bond acceptors (Lipinski definition) is 4. The normalized spacial score (nSPS) is 14.9. The minimum Gasteiger partial charge on any atom is -0.386 e. The van der Waals surface area contributed by atoms with E-state index in [2.05, 4.69) is 13.0 Å². The summed E-state index contributed by atoms with van der Waals surface area (Å²) in [5.74, 6) is 0. The van der Waals surface area contributed by atoms with Gasteiger partial charge < -0.3 is 9.90 Å². The van der Waals surface area contributed by atoms with Crippen molar-refractivity contribution in [2.75, 3.05) is 0 Å². The second-order valence-electron chi connectivity index (χ2n) is 6.11. The SMILES string of the molecule is CC/C=C\C/C=C\CC(O)C(C/C=C\C/C=C\C/C=C\CCC=O)[N+](=O)[O-]. The molecule has 150 valence electrons. The number of hydrogen-bond donors (Lipinski definition) is 1. The zero-order valence-electron chi connectivity index (χ0n) is 16.3. The maximum absolute atomic E-state index is 11.2. The summed E-state index contributed by atoms with van der Waals surface area (Å²) < 4.78 is 0. The van der Waals surface area contributed by atoms with Gasteiger partial charge in [-0.05, 0) is 38.5 Å². The molecule has 0 spiro atoms. The molecule has 2 atom stereocenters. The van der Waals surface area contributed by atoms with Crippen molar-refractivity contribution in [3.05, 3.63) is 70.9 Å². The van der Waals surface area contributed by atoms with Crippen LogP contribution in [0, 0.1) is 10.1 Å². The second-order valence-corrected chi connectivity index (χ2v) is 6.11. The number of nitrogens with zero attached hydrogens (tertiary/aromatic N) is 1. The van der Waals surface area contributed by atoms with Gasteiger partial charge >= 0.3 is 0 Å². The Morgan fingerprint density at radius 1 is 0.815 bits per heavy atom. The van der Waals surface area contributed by atoms with E-state index >= 15 is 0 Å². The summed E-state index contributed by atoms with van der Waals surface area (Å²) in [4.78, 5) is 20.9. The van der Waals surface area contributed by atoms with Crippen molar-refractivity contribution in [1.82, 2.24) is 0 Å². The van der Waals surface area contributed by atoms with Crippen LogP contribution < -0.4 is 0 Å². The molecule has 0 aliphatic rings. The Hall–Kier alpha value is -2.27. The fourth-order valence-electron chi connectivity index (χ4n) is 2.27. The van der Waals surface area contributed by atoms with Gasteiger partial charge in [0.1, 0.15) is 12.4 Å². The van der Waals surface area contributed by atoms with Crippen LogP contribution in [-0.4, -0.2) is 28.5 Å². The first-order valence-corrected chi connectivity index (χ1v) is 9.63. The molecule has 0 aromatic carbocycles. The monoisotopic (exact) mass is 375 g/mol. The second kappa shape index (κ2) is 18.5. The number of carbonyl (C=O) groups excluding carboxylic acids is 1. The fourth-order valence-corrected chi connectivity index (χ4v) is 2.27. The highest BCUT2D eigenvalue weighted by molar-refractivity contribution is 5.49. The molecular formula is C22H33NO4. The number of aliphatic hydroxyl groups is 1. The van der Waals surface area contributed by atoms with Crippen molar-refractivity contribution in [2.24, 2.45) is 0 Å². The third-order valence-corrected chi connectivity index (χ3v) is 3.81. The first kappa shape index (κ1) is 24.7. The minimum absolute atomic E-state index is 0.219. The summed E-state index contributed by atoms with van der Waals surface area (Å²) in [7, 11) is 0. The average Bonchev–Trinajstić information content (AvgIpc) is 2.65. The predicted molar refractivity (Wildman–Crippen MR) is 111 cm³/mol. The summed E-state index contributed by atoms with van der Waals surface area (Å²) in [5.41, 5.74) is 0. The first-order valence-electron chi connectivity index (χ1n) is 9.63. The van der Waals surface area contributed by atoms with Crippen LogP contribution in [0.25, 0.3) is 0 Å². The molecule has 0 aromatic rings. The molecule has 0 heterocycles. The zero-order chi connectivity index (χ0) is 20.2. The van der Waals surface area contributed by atoms with Crippen molar-refractivity contribution < 1.29 is 14.8 Å². The van der Waals surface area contributed by atoms with E-state index in [-0.39, 0.29) is 12.8 Å². The first-order chi connectivity index (χ1) is 13.1. The molecule has 0 saturated carbocycles. The highest BCUT2D eigenvalue weighted by Gasteiger charge is 2.27. The predicted octanol–water partition coefficient (Wildman–Crippen LogP) is 5.11. The molecule has 0 aliphatic carbocycles. The van der Waals surface area contributed by atoms with Gasteiger partial charge in [0.25, 0.3) is 0 Å². The van der Waals surface area contributed by atoms with Gasteiger partial charge in [0.15, 0.2) is 0 Å². The number of carbonyl (C=O) groups is 1. The van der Waals surface area contributed by atoms with Gasteiger partial charge in [0.2, 0.25) is 6.04 Å². The lowest BCUT2D eigenvalue weighted by atomic mass is 10.0. The van der Waals surface area contributed by atoms with Crippen LogP contribution in [0.2, 0.25) is 0 Å². The van der Waals surface area contributed by atoms with Crippen molar-refractivity contribution in [1.29, 1.82) is 0 Å². The molecule has 0 aliphatic heterocycles. The van der Waals surface area contributed by atoms with Crippen LogP contribution in [0.1, 0.15) is 58.3 Å². The molecule has 0 rings (SSSR count). The van der Waals surface area contributed by atoms with Crippen molar-refractivity contribution in [2.45, 2.75) is 70.4 Å². The summed E-state index contributed by atoms with van der Waals surface area (Å²) >= 11 is 0. The molecule has 0 saturated heterocycles. The van der Waals surface area contributed by atoms with E-state index in [9.17, 15) is 20.0 Å². The molecule has 0 amide bonds. The Morgan fingerprint density at radius 3 is 1.89 bits per heavy atom. The lowest BCUT2D eigenvalue weighted by Gasteiger charge is -2.12. The average molecular weight is 376 g/mol. The highest BCUT2D eigenvalue weighted by Crippen LogP contribution is 2.10. The Labute approximate surface area is 163 Å². The highest BCUT2D eigenvalue weighted by atomic mass is 16.6. The zero-order valence-corrected chi connectivity index (χ0v) is 16.3. The third kappa shape index (κ3) is 15.7. The summed E-state index contributed by atoms with van der Waals surface area (Å²) in [6.45, 7) is 2.06. The number of aldehydes is 1. The van der Waals surface area contributed by atoms with Gasteiger partial charge in [-0.1, -0.05) is 67.7 Å². The van der Waals surface area contributed by atoms with E-state index in [0.717, 1.165) is 32.0 Å². The molecule has 2 unspecified atom stereocenters. The molecule has 0 fully saturated rings. The maximum Gasteiger partial charge on any atom is 0.242 e. The summed E-state index contributed by atoms with van der Waals surface area (Å²) in [6, 6.07) is -0.984. The van der Waals surface area contributed by atoms with Crippen LogP contribution >= 0.6 is 0 Å². The van der Waals surface area contributed by atoms with Gasteiger partial charge in [-0.15, -0.1) is 0 Å². The topological polar surface area (TPSA) is 80.4 Å². The number of aliphatic hydroxyl groups excluding tert-OH is 1. The number of rotatable bonds is 16. The van der Waals surface area contributed by atoms with Crippen molar-refractivity contribution in [3.8, 4) is 0 Å². The van der Waals surface area contributed by atoms with E-state index in [1.54, 1.807) is 12.2 Å². The quantitative estimate of drug-likeness (QED) is 0.134. The number of allylic oxidation sites excluding steroid dienone is 8. The van der Waals surface area contributed by atoms with Crippen LogP contribution in [-0.2, 0) is 4.79 Å². The number of unbranched alkanes of at least 4 members (excludes halogenated alkanes) is 1. The van der Waals surface area contributed by atoms with Crippen LogP contribution in [0.4, 0.5) is 0 Å². The standard InChI is InChI=1S/C22H33NO4/c1-2-3-4-5-13-16-19-22(25)21(23(26)27)18-15-12-10-8-6-7-9-11-14-17-20-24/h3-4,6,8-9,11-13,15-16,20-22,25H,2,5,7,10,14,17-19H2,1H3/b4-3-,8-6-,11-9-,15-12-,16-13-. The van der Waals surface area contributed by atoms with Crippen LogP contribution in [0.3, 0.4) is 0 Å². The fraction of sp³-hybridized carbons (Fsp3) is 0.500. The Kier molecular flexibility index (Phi) is 17.0. The van der Waals surface area contributed by atoms with Crippen LogP contribution in [0.5, 0.6) is 0 Å². The third-order valence-electron chi connectivity index (χ3n) is 3.81. The van der Waals surface area contributed by atoms with Crippen molar-refractivity contribution >= 4 is 6.29 Å². The maximum atomic E-state index is 11.2. The lowest BCUT2D eigenvalue weighted by Crippen LogP contribution is -2.32. The van der Waals surface area contributed by atoms with E-state index in [4.69, 9.17) is 0 Å².